The lowest BCUT2D eigenvalue weighted by atomic mass is 9.99. The zero-order chi connectivity index (χ0) is 20.4. The molecule has 0 N–H and O–H groups in total. The second-order valence-corrected chi connectivity index (χ2v) is 7.93. The van der Waals surface area contributed by atoms with Gasteiger partial charge in [0.1, 0.15) is 5.75 Å². The van der Waals surface area contributed by atoms with Crippen molar-refractivity contribution in [3.05, 3.63) is 53.1 Å². The summed E-state index contributed by atoms with van der Waals surface area (Å²) in [5.74, 6) is 0.808. The first-order chi connectivity index (χ1) is 13.9. The molecule has 2 heterocycles. The number of methoxy groups -OCH3 is 1. The number of ether oxygens (including phenoxy) is 2. The Kier molecular flexibility index (Phi) is 5.94. The predicted octanol–water partition coefficient (Wildman–Crippen LogP) is 4.74. The van der Waals surface area contributed by atoms with Crippen molar-refractivity contribution in [2.24, 2.45) is 0 Å². The molecule has 1 saturated heterocycles. The molecule has 0 bridgehead atoms. The van der Waals surface area contributed by atoms with Crippen LogP contribution in [-0.2, 0) is 27.9 Å². The van der Waals surface area contributed by atoms with Crippen LogP contribution in [0, 0.1) is 0 Å². The Morgan fingerprint density at radius 3 is 2.52 bits per heavy atom. The number of rotatable bonds is 4. The molecule has 2 aliphatic heterocycles. The van der Waals surface area contributed by atoms with E-state index in [4.69, 9.17) is 13.7 Å². The molecule has 4 rings (SSSR count). The maximum Gasteiger partial charge on any atom is 0.416 e. The van der Waals surface area contributed by atoms with Crippen LogP contribution in [0.1, 0.15) is 16.7 Å². The molecule has 0 spiro atoms. The fourth-order valence-electron chi connectivity index (χ4n) is 3.64. The zero-order valence-corrected chi connectivity index (χ0v) is 16.8. The second-order valence-electron chi connectivity index (χ2n) is 7.14. The summed E-state index contributed by atoms with van der Waals surface area (Å²) in [6.45, 7) is 3.00. The normalized spacial score (nSPS) is 19.7. The second kappa shape index (κ2) is 8.45. The number of hydrogen-bond donors (Lipinski definition) is 0. The van der Waals surface area contributed by atoms with Crippen molar-refractivity contribution in [3.63, 3.8) is 0 Å². The Balaban J connectivity index is 1.50. The van der Waals surface area contributed by atoms with Crippen LogP contribution in [0.3, 0.4) is 0 Å². The van der Waals surface area contributed by atoms with Gasteiger partial charge in [0.15, 0.2) is 0 Å². The van der Waals surface area contributed by atoms with E-state index in [1.54, 1.807) is 7.11 Å². The lowest BCUT2D eigenvalue weighted by Crippen LogP contribution is -2.36. The summed E-state index contributed by atoms with van der Waals surface area (Å²) in [6.07, 6.45) is -3.16. The van der Waals surface area contributed by atoms with E-state index in [0.717, 1.165) is 47.1 Å². The highest BCUT2D eigenvalue weighted by atomic mass is 32.2. The molecule has 2 aromatic carbocycles. The molecule has 0 radical (unpaired) electrons. The van der Waals surface area contributed by atoms with E-state index in [1.807, 2.05) is 6.07 Å². The summed E-state index contributed by atoms with van der Waals surface area (Å²) < 4.78 is 55.2. The monoisotopic (exact) mass is 425 g/mol. The molecule has 2 aliphatic rings. The maximum atomic E-state index is 12.7. The van der Waals surface area contributed by atoms with Gasteiger partial charge >= 0.3 is 6.18 Å². The van der Waals surface area contributed by atoms with Gasteiger partial charge in [0.05, 0.1) is 37.7 Å². The van der Waals surface area contributed by atoms with Gasteiger partial charge in [0.2, 0.25) is 0 Å². The number of anilines is 1. The van der Waals surface area contributed by atoms with Gasteiger partial charge in [-0.3, -0.25) is 0 Å². The summed E-state index contributed by atoms with van der Waals surface area (Å²) >= 11 is 1.31. The average molecular weight is 425 g/mol. The molecule has 156 valence electrons. The Hall–Kier alpha value is -1.90. The van der Waals surface area contributed by atoms with Crippen molar-refractivity contribution in [2.45, 2.75) is 30.0 Å². The molecule has 0 amide bonds. The summed E-state index contributed by atoms with van der Waals surface area (Å²) in [4.78, 5) is 3.27. The molecule has 2 aromatic rings. The van der Waals surface area contributed by atoms with E-state index < -0.39 is 11.7 Å². The largest absolute Gasteiger partial charge is 0.495 e. The molecule has 0 saturated carbocycles. The standard InChI is InChI=1S/C21H22F3NO3S/c1-26-19-13-20-15(12-18(19)25-6-8-27-9-7-25)11-17(28-29-20)10-14-2-4-16(5-3-14)21(22,23)24/h2-5,12-13,17H,6-11H2,1H3. The van der Waals surface area contributed by atoms with Gasteiger partial charge < -0.3 is 18.6 Å². The summed E-state index contributed by atoms with van der Waals surface area (Å²) in [5, 5.41) is 0. The van der Waals surface area contributed by atoms with E-state index in [2.05, 4.69) is 11.0 Å². The predicted molar refractivity (Wildman–Crippen MR) is 106 cm³/mol. The van der Waals surface area contributed by atoms with Crippen molar-refractivity contribution >= 4 is 17.7 Å². The lowest BCUT2D eigenvalue weighted by Gasteiger charge is -2.32. The van der Waals surface area contributed by atoms with Crippen LogP contribution in [0.25, 0.3) is 0 Å². The SMILES string of the molecule is COc1cc2c(cc1N1CCOCC1)CC(Cc1ccc(C(F)(F)F)cc1)OS2. The van der Waals surface area contributed by atoms with Crippen LogP contribution in [-0.4, -0.2) is 39.5 Å². The van der Waals surface area contributed by atoms with E-state index in [1.165, 1.54) is 29.7 Å². The number of halogens is 3. The van der Waals surface area contributed by atoms with Gasteiger partial charge in [-0.15, -0.1) is 0 Å². The number of benzene rings is 2. The fraction of sp³-hybridized carbons (Fsp3) is 0.429. The van der Waals surface area contributed by atoms with Crippen LogP contribution in [0.5, 0.6) is 5.75 Å². The first kappa shape index (κ1) is 20.4. The topological polar surface area (TPSA) is 30.9 Å². The lowest BCUT2D eigenvalue weighted by molar-refractivity contribution is -0.137. The fourth-order valence-corrected chi connectivity index (χ4v) is 4.42. The summed E-state index contributed by atoms with van der Waals surface area (Å²) in [6, 6.07) is 9.45. The van der Waals surface area contributed by atoms with Crippen molar-refractivity contribution in [1.29, 1.82) is 0 Å². The van der Waals surface area contributed by atoms with E-state index in [0.29, 0.717) is 26.1 Å². The molecule has 1 unspecified atom stereocenters. The Labute approximate surface area is 172 Å². The van der Waals surface area contributed by atoms with Crippen molar-refractivity contribution in [3.8, 4) is 5.75 Å². The van der Waals surface area contributed by atoms with Crippen LogP contribution in [0.2, 0.25) is 0 Å². The molecule has 4 nitrogen and oxygen atoms in total. The number of fused-ring (bicyclic) bond motifs is 1. The highest BCUT2D eigenvalue weighted by Crippen LogP contribution is 2.41. The van der Waals surface area contributed by atoms with Crippen LogP contribution >= 0.6 is 12.0 Å². The molecule has 29 heavy (non-hydrogen) atoms. The molecular weight excluding hydrogens is 403 g/mol. The minimum absolute atomic E-state index is 0.102. The minimum atomic E-state index is -4.32. The highest BCUT2D eigenvalue weighted by Gasteiger charge is 2.30. The van der Waals surface area contributed by atoms with Gasteiger partial charge in [-0.05, 0) is 35.4 Å². The number of hydrogen-bond acceptors (Lipinski definition) is 5. The Morgan fingerprint density at radius 1 is 1.14 bits per heavy atom. The van der Waals surface area contributed by atoms with Crippen LogP contribution < -0.4 is 9.64 Å². The van der Waals surface area contributed by atoms with Gasteiger partial charge in [0, 0.05) is 42.9 Å². The smallest absolute Gasteiger partial charge is 0.416 e. The van der Waals surface area contributed by atoms with Gasteiger partial charge in [-0.2, -0.15) is 13.2 Å². The highest BCUT2D eigenvalue weighted by molar-refractivity contribution is 7.94. The summed E-state index contributed by atoms with van der Waals surface area (Å²) in [5.41, 5.74) is 2.41. The zero-order valence-electron chi connectivity index (χ0n) is 16.0. The van der Waals surface area contributed by atoms with Crippen LogP contribution in [0.15, 0.2) is 41.3 Å². The third-order valence-electron chi connectivity index (χ3n) is 5.18. The van der Waals surface area contributed by atoms with Crippen molar-refractivity contribution < 1.29 is 26.8 Å². The van der Waals surface area contributed by atoms with E-state index in [9.17, 15) is 13.2 Å². The Bertz CT molecular complexity index is 851. The quantitative estimate of drug-likeness (QED) is 0.661. The number of morpholine rings is 1. The summed E-state index contributed by atoms with van der Waals surface area (Å²) in [7, 11) is 1.66. The molecule has 1 atom stereocenters. The molecular formula is C21H22F3NO3S. The molecule has 0 aliphatic carbocycles. The van der Waals surface area contributed by atoms with E-state index >= 15 is 0 Å². The first-order valence-corrected chi connectivity index (χ1v) is 10.2. The maximum absolute atomic E-state index is 12.7. The molecule has 1 fully saturated rings. The number of alkyl halides is 3. The van der Waals surface area contributed by atoms with Gasteiger partial charge in [-0.25, -0.2) is 0 Å². The van der Waals surface area contributed by atoms with E-state index in [-0.39, 0.29) is 6.10 Å². The van der Waals surface area contributed by atoms with Crippen LogP contribution in [0.4, 0.5) is 18.9 Å². The average Bonchev–Trinajstić information content (AvgIpc) is 2.73. The van der Waals surface area contributed by atoms with Gasteiger partial charge in [0.25, 0.3) is 0 Å². The Morgan fingerprint density at radius 2 is 1.86 bits per heavy atom. The molecule has 8 heteroatoms. The third-order valence-corrected chi connectivity index (χ3v) is 6.11. The molecule has 0 aromatic heterocycles. The number of nitrogens with zero attached hydrogens (tertiary/aromatic N) is 1. The van der Waals surface area contributed by atoms with Crippen molar-refractivity contribution in [1.82, 2.24) is 0 Å². The van der Waals surface area contributed by atoms with Gasteiger partial charge in [-0.1, -0.05) is 12.1 Å². The van der Waals surface area contributed by atoms with Crippen molar-refractivity contribution in [2.75, 3.05) is 38.3 Å². The minimum Gasteiger partial charge on any atom is -0.495 e. The third kappa shape index (κ3) is 4.65. The first-order valence-electron chi connectivity index (χ1n) is 9.47.